The molecule has 0 saturated carbocycles. The molecule has 1 amide bonds. The van der Waals surface area contributed by atoms with E-state index in [2.05, 4.69) is 15.6 Å². The van der Waals surface area contributed by atoms with Crippen LogP contribution in [0.3, 0.4) is 0 Å². The van der Waals surface area contributed by atoms with E-state index < -0.39 is 0 Å². The zero-order chi connectivity index (χ0) is 16.9. The van der Waals surface area contributed by atoms with Gasteiger partial charge in [0, 0.05) is 22.5 Å². The van der Waals surface area contributed by atoms with Crippen molar-refractivity contribution in [1.29, 1.82) is 0 Å². The molecule has 0 bridgehead atoms. The average Bonchev–Trinajstić information content (AvgIpc) is 2.59. The number of benzene rings is 2. The highest BCUT2D eigenvalue weighted by Crippen LogP contribution is 2.24. The topological polar surface area (TPSA) is 54.0 Å². The summed E-state index contributed by atoms with van der Waals surface area (Å²) >= 11 is 12.0. The number of hydrogen-bond acceptors (Lipinski definition) is 3. The van der Waals surface area contributed by atoms with Crippen LogP contribution < -0.4 is 10.6 Å². The Labute approximate surface area is 149 Å². The van der Waals surface area contributed by atoms with Gasteiger partial charge in [0.2, 0.25) is 0 Å². The van der Waals surface area contributed by atoms with E-state index in [1.165, 1.54) is 0 Å². The van der Waals surface area contributed by atoms with Crippen LogP contribution in [-0.2, 0) is 0 Å². The molecule has 0 aliphatic rings. The molecule has 0 aliphatic heterocycles. The van der Waals surface area contributed by atoms with Gasteiger partial charge in [-0.15, -0.1) is 0 Å². The van der Waals surface area contributed by atoms with Gasteiger partial charge in [-0.1, -0.05) is 35.3 Å². The van der Waals surface area contributed by atoms with E-state index in [1.54, 1.807) is 48.7 Å². The summed E-state index contributed by atoms with van der Waals surface area (Å²) in [7, 11) is 0. The second kappa shape index (κ2) is 7.34. The number of para-hydroxylation sites is 1. The monoisotopic (exact) mass is 357 g/mol. The molecule has 0 saturated heterocycles. The highest BCUT2D eigenvalue weighted by atomic mass is 35.5. The smallest absolute Gasteiger partial charge is 0.255 e. The fourth-order valence-corrected chi connectivity index (χ4v) is 2.39. The molecule has 24 heavy (non-hydrogen) atoms. The van der Waals surface area contributed by atoms with E-state index in [4.69, 9.17) is 23.2 Å². The summed E-state index contributed by atoms with van der Waals surface area (Å²) in [6.45, 7) is 0. The Bertz CT molecular complexity index is 866. The van der Waals surface area contributed by atoms with Crippen LogP contribution in [0, 0.1) is 0 Å². The molecule has 2 aromatic carbocycles. The number of nitrogens with one attached hydrogen (secondary N) is 2. The Morgan fingerprint density at radius 3 is 2.46 bits per heavy atom. The van der Waals surface area contributed by atoms with Gasteiger partial charge in [-0.05, 0) is 48.5 Å². The van der Waals surface area contributed by atoms with Crippen molar-refractivity contribution >= 4 is 46.3 Å². The summed E-state index contributed by atoms with van der Waals surface area (Å²) in [6.07, 6.45) is 1.57. The second-order valence-electron chi connectivity index (χ2n) is 5.00. The first-order chi connectivity index (χ1) is 11.6. The van der Waals surface area contributed by atoms with Crippen molar-refractivity contribution in [2.45, 2.75) is 0 Å². The van der Waals surface area contributed by atoms with Crippen molar-refractivity contribution in [3.8, 4) is 0 Å². The van der Waals surface area contributed by atoms with Gasteiger partial charge >= 0.3 is 0 Å². The highest BCUT2D eigenvalue weighted by Gasteiger charge is 2.08. The van der Waals surface area contributed by atoms with Crippen LogP contribution in [0.5, 0.6) is 0 Å². The number of carbonyl (C=O) groups is 1. The van der Waals surface area contributed by atoms with Crippen molar-refractivity contribution in [1.82, 2.24) is 4.98 Å². The van der Waals surface area contributed by atoms with Gasteiger partial charge in [-0.3, -0.25) is 4.79 Å². The van der Waals surface area contributed by atoms with E-state index in [-0.39, 0.29) is 5.91 Å². The fourth-order valence-electron chi connectivity index (χ4n) is 2.08. The predicted molar refractivity (Wildman–Crippen MR) is 98.4 cm³/mol. The van der Waals surface area contributed by atoms with Gasteiger partial charge < -0.3 is 10.6 Å². The fraction of sp³-hybridized carbons (Fsp3) is 0. The largest absolute Gasteiger partial charge is 0.339 e. The summed E-state index contributed by atoms with van der Waals surface area (Å²) in [4.78, 5) is 16.6. The third-order valence-corrected chi connectivity index (χ3v) is 3.84. The van der Waals surface area contributed by atoms with Crippen LogP contribution in [0.1, 0.15) is 10.4 Å². The third-order valence-electron chi connectivity index (χ3n) is 3.26. The Balaban J connectivity index is 1.76. The molecule has 0 atom stereocenters. The van der Waals surface area contributed by atoms with Crippen molar-refractivity contribution in [2.75, 3.05) is 10.6 Å². The Morgan fingerprint density at radius 1 is 0.958 bits per heavy atom. The lowest BCUT2D eigenvalue weighted by Gasteiger charge is -2.09. The molecule has 0 aliphatic carbocycles. The molecule has 3 aromatic rings. The number of amides is 1. The zero-order valence-electron chi connectivity index (χ0n) is 12.5. The molecule has 3 rings (SSSR count). The van der Waals surface area contributed by atoms with Gasteiger partial charge in [0.1, 0.15) is 5.82 Å². The molecule has 1 heterocycles. The molecule has 2 N–H and O–H groups in total. The van der Waals surface area contributed by atoms with Crippen LogP contribution in [0.15, 0.2) is 66.9 Å². The van der Waals surface area contributed by atoms with Crippen molar-refractivity contribution in [2.24, 2.45) is 0 Å². The maximum atomic E-state index is 12.3. The molecule has 0 radical (unpaired) electrons. The first-order valence-corrected chi connectivity index (χ1v) is 7.92. The lowest BCUT2D eigenvalue weighted by atomic mass is 10.2. The maximum Gasteiger partial charge on any atom is 0.255 e. The zero-order valence-corrected chi connectivity index (χ0v) is 14.0. The minimum Gasteiger partial charge on any atom is -0.339 e. The van der Waals surface area contributed by atoms with Crippen LogP contribution >= 0.6 is 23.2 Å². The summed E-state index contributed by atoms with van der Waals surface area (Å²) in [5, 5.41) is 7.10. The van der Waals surface area contributed by atoms with Crippen LogP contribution in [0.4, 0.5) is 17.2 Å². The number of pyridine rings is 1. The number of aromatic nitrogens is 1. The van der Waals surface area contributed by atoms with E-state index >= 15 is 0 Å². The molecule has 120 valence electrons. The summed E-state index contributed by atoms with van der Waals surface area (Å²) < 4.78 is 0. The SMILES string of the molecule is O=C(Nc1ccc(Cl)cc1)c1ccnc(Nc2ccccc2Cl)c1. The molecule has 6 heteroatoms. The molecule has 0 unspecified atom stereocenters. The Kier molecular flexibility index (Phi) is 4.99. The Morgan fingerprint density at radius 2 is 1.71 bits per heavy atom. The van der Waals surface area contributed by atoms with Gasteiger partial charge in [0.25, 0.3) is 5.91 Å². The molecular formula is C18H13Cl2N3O. The van der Waals surface area contributed by atoms with E-state index in [0.717, 1.165) is 5.69 Å². The second-order valence-corrected chi connectivity index (χ2v) is 5.84. The van der Waals surface area contributed by atoms with E-state index in [1.807, 2.05) is 18.2 Å². The third kappa shape index (κ3) is 4.04. The first-order valence-electron chi connectivity index (χ1n) is 7.16. The number of hydrogen-bond donors (Lipinski definition) is 2. The Hall–Kier alpha value is -2.56. The van der Waals surface area contributed by atoms with Crippen molar-refractivity contribution in [3.63, 3.8) is 0 Å². The number of nitrogens with zero attached hydrogens (tertiary/aromatic N) is 1. The normalized spacial score (nSPS) is 10.2. The highest BCUT2D eigenvalue weighted by molar-refractivity contribution is 6.33. The van der Waals surface area contributed by atoms with Gasteiger partial charge in [0.15, 0.2) is 0 Å². The van der Waals surface area contributed by atoms with E-state index in [0.29, 0.717) is 27.1 Å². The number of halogens is 2. The quantitative estimate of drug-likeness (QED) is 0.658. The van der Waals surface area contributed by atoms with Crippen LogP contribution in [-0.4, -0.2) is 10.9 Å². The number of rotatable bonds is 4. The molecule has 1 aromatic heterocycles. The number of anilines is 3. The molecule has 0 fully saturated rings. The predicted octanol–water partition coefficient (Wildman–Crippen LogP) is 5.38. The standard InChI is InChI=1S/C18H13Cl2N3O/c19-13-5-7-14(8-6-13)22-18(24)12-9-10-21-17(11-12)23-16-4-2-1-3-15(16)20/h1-11H,(H,21,23)(H,22,24). The summed E-state index contributed by atoms with van der Waals surface area (Å²) in [6, 6.07) is 17.5. The first kappa shape index (κ1) is 16.3. The maximum absolute atomic E-state index is 12.3. The minimum absolute atomic E-state index is 0.234. The minimum atomic E-state index is -0.234. The summed E-state index contributed by atoms with van der Waals surface area (Å²) in [5.41, 5.74) is 1.87. The van der Waals surface area contributed by atoms with Gasteiger partial charge in [-0.2, -0.15) is 0 Å². The van der Waals surface area contributed by atoms with Crippen LogP contribution in [0.25, 0.3) is 0 Å². The lowest BCUT2D eigenvalue weighted by molar-refractivity contribution is 0.102. The van der Waals surface area contributed by atoms with Gasteiger partial charge in [0.05, 0.1) is 10.7 Å². The van der Waals surface area contributed by atoms with Crippen molar-refractivity contribution in [3.05, 3.63) is 82.5 Å². The molecule has 4 nitrogen and oxygen atoms in total. The van der Waals surface area contributed by atoms with E-state index in [9.17, 15) is 4.79 Å². The van der Waals surface area contributed by atoms with Gasteiger partial charge in [-0.25, -0.2) is 4.98 Å². The average molecular weight is 358 g/mol. The van der Waals surface area contributed by atoms with Crippen LogP contribution in [0.2, 0.25) is 10.0 Å². The van der Waals surface area contributed by atoms with Crippen molar-refractivity contribution < 1.29 is 4.79 Å². The molecular weight excluding hydrogens is 345 g/mol. The number of carbonyl (C=O) groups excluding carboxylic acids is 1. The summed E-state index contributed by atoms with van der Waals surface area (Å²) in [5.74, 6) is 0.300. The lowest BCUT2D eigenvalue weighted by Crippen LogP contribution is -2.12. The molecule has 0 spiro atoms.